The number of imidazole rings is 1. The second-order valence-electron chi connectivity index (χ2n) is 6.59. The summed E-state index contributed by atoms with van der Waals surface area (Å²) in [6.07, 6.45) is 7.51. The van der Waals surface area contributed by atoms with Crippen molar-refractivity contribution in [3.05, 3.63) is 48.2 Å². The van der Waals surface area contributed by atoms with Gasteiger partial charge in [-0.1, -0.05) is 0 Å². The Morgan fingerprint density at radius 3 is 3.00 bits per heavy atom. The maximum absolute atomic E-state index is 12.7. The van der Waals surface area contributed by atoms with E-state index in [0.29, 0.717) is 5.56 Å². The van der Waals surface area contributed by atoms with E-state index in [1.165, 1.54) is 0 Å². The van der Waals surface area contributed by atoms with Gasteiger partial charge in [-0.15, -0.1) is 0 Å². The lowest BCUT2D eigenvalue weighted by Crippen LogP contribution is -2.48. The highest BCUT2D eigenvalue weighted by atomic mass is 16.1. The molecule has 4 heterocycles. The number of anilines is 1. The van der Waals surface area contributed by atoms with Crippen LogP contribution in [-0.2, 0) is 7.05 Å². The van der Waals surface area contributed by atoms with Crippen molar-refractivity contribution in [2.24, 2.45) is 7.05 Å². The summed E-state index contributed by atoms with van der Waals surface area (Å²) in [5.41, 5.74) is 1.65. The topological polar surface area (TPSA) is 67.5 Å². The monoisotopic (exact) mass is 338 g/mol. The van der Waals surface area contributed by atoms with E-state index in [4.69, 9.17) is 0 Å². The number of carbonyl (C=O) groups excluding carboxylic acids is 1. The number of nitrogens with one attached hydrogen (secondary N) is 1. The fraction of sp³-hybridized carbons (Fsp3) is 0.389. The maximum Gasteiger partial charge on any atom is 0.253 e. The fourth-order valence-electron chi connectivity index (χ4n) is 3.50. The number of aromatic nitrogens is 4. The van der Waals surface area contributed by atoms with E-state index in [-0.39, 0.29) is 11.9 Å². The highest BCUT2D eigenvalue weighted by molar-refractivity contribution is 5.94. The van der Waals surface area contributed by atoms with Gasteiger partial charge in [0.25, 0.3) is 5.91 Å². The van der Waals surface area contributed by atoms with Crippen LogP contribution in [0, 0.1) is 6.92 Å². The van der Waals surface area contributed by atoms with Crippen molar-refractivity contribution in [3.8, 4) is 0 Å². The Labute approximate surface area is 146 Å². The number of piperidine rings is 1. The molecule has 1 amide bonds. The highest BCUT2D eigenvalue weighted by Gasteiger charge is 2.23. The summed E-state index contributed by atoms with van der Waals surface area (Å²) in [5.74, 6) is 1.94. The Kier molecular flexibility index (Phi) is 3.91. The van der Waals surface area contributed by atoms with Crippen molar-refractivity contribution in [2.75, 3.05) is 18.0 Å². The molecule has 1 atom stereocenters. The molecule has 130 valence electrons. The number of fused-ring (bicyclic) bond motifs is 1. The minimum Gasteiger partial charge on any atom is -0.355 e. The van der Waals surface area contributed by atoms with E-state index in [9.17, 15) is 4.79 Å². The van der Waals surface area contributed by atoms with Gasteiger partial charge in [-0.05, 0) is 31.9 Å². The molecule has 0 aromatic carbocycles. The minimum atomic E-state index is -0.0353. The van der Waals surface area contributed by atoms with E-state index >= 15 is 0 Å². The van der Waals surface area contributed by atoms with Crippen LogP contribution in [0.25, 0.3) is 5.52 Å². The van der Waals surface area contributed by atoms with Gasteiger partial charge in [-0.25, -0.2) is 4.98 Å². The maximum atomic E-state index is 12.7. The second kappa shape index (κ2) is 6.23. The first-order valence-electron chi connectivity index (χ1n) is 8.59. The summed E-state index contributed by atoms with van der Waals surface area (Å²) in [4.78, 5) is 19.2. The smallest absolute Gasteiger partial charge is 0.253 e. The largest absolute Gasteiger partial charge is 0.355 e. The lowest BCUT2D eigenvalue weighted by atomic mass is 10.1. The Morgan fingerprint density at radius 2 is 2.20 bits per heavy atom. The molecule has 7 nitrogen and oxygen atoms in total. The molecule has 1 aliphatic rings. The summed E-state index contributed by atoms with van der Waals surface area (Å²) in [6, 6.07) is 5.93. The normalized spacial score (nSPS) is 17.8. The summed E-state index contributed by atoms with van der Waals surface area (Å²) >= 11 is 0. The number of hydrogen-bond donors (Lipinski definition) is 1. The Hall–Kier alpha value is -2.83. The molecule has 0 aliphatic carbocycles. The van der Waals surface area contributed by atoms with Gasteiger partial charge < -0.3 is 14.6 Å². The molecule has 1 fully saturated rings. The average molecular weight is 338 g/mol. The van der Waals surface area contributed by atoms with E-state index in [1.807, 2.05) is 53.6 Å². The number of rotatable bonds is 3. The van der Waals surface area contributed by atoms with Crippen LogP contribution in [-0.4, -0.2) is 44.2 Å². The summed E-state index contributed by atoms with van der Waals surface area (Å²) < 4.78 is 3.82. The lowest BCUT2D eigenvalue weighted by Gasteiger charge is -2.34. The van der Waals surface area contributed by atoms with Crippen LogP contribution in [0.15, 0.2) is 36.8 Å². The number of hydrogen-bond acceptors (Lipinski definition) is 4. The van der Waals surface area contributed by atoms with Gasteiger partial charge in [0, 0.05) is 38.4 Å². The first kappa shape index (κ1) is 15.7. The van der Waals surface area contributed by atoms with E-state index < -0.39 is 0 Å². The summed E-state index contributed by atoms with van der Waals surface area (Å²) in [5, 5.41) is 7.42. The third kappa shape index (κ3) is 2.97. The zero-order chi connectivity index (χ0) is 17.4. The molecule has 3 aromatic heterocycles. The molecule has 3 aromatic rings. The van der Waals surface area contributed by atoms with Gasteiger partial charge >= 0.3 is 0 Å². The molecular formula is C18H22N6O. The van der Waals surface area contributed by atoms with Crippen molar-refractivity contribution in [3.63, 3.8) is 0 Å². The molecule has 0 spiro atoms. The molecule has 7 heteroatoms. The molecule has 25 heavy (non-hydrogen) atoms. The van der Waals surface area contributed by atoms with Crippen LogP contribution in [0.2, 0.25) is 0 Å². The van der Waals surface area contributed by atoms with Crippen molar-refractivity contribution < 1.29 is 4.79 Å². The predicted octanol–water partition coefficient (Wildman–Crippen LogP) is 1.78. The fourth-order valence-corrected chi connectivity index (χ4v) is 3.50. The van der Waals surface area contributed by atoms with Crippen LogP contribution < -0.4 is 10.2 Å². The first-order valence-corrected chi connectivity index (χ1v) is 8.59. The average Bonchev–Trinajstić information content (AvgIpc) is 3.21. The molecule has 0 bridgehead atoms. The molecule has 1 unspecified atom stereocenters. The van der Waals surface area contributed by atoms with Gasteiger partial charge in [0.2, 0.25) is 0 Å². The molecule has 4 rings (SSSR count). The zero-order valence-electron chi connectivity index (χ0n) is 14.5. The zero-order valence-corrected chi connectivity index (χ0v) is 14.5. The second-order valence-corrected chi connectivity index (χ2v) is 6.59. The lowest BCUT2D eigenvalue weighted by molar-refractivity contribution is 0.0932. The van der Waals surface area contributed by atoms with Gasteiger partial charge in [0.1, 0.15) is 11.6 Å². The molecule has 1 aliphatic heterocycles. The predicted molar refractivity (Wildman–Crippen MR) is 95.8 cm³/mol. The molecule has 1 N–H and O–H groups in total. The van der Waals surface area contributed by atoms with Crippen LogP contribution in [0.1, 0.15) is 29.0 Å². The van der Waals surface area contributed by atoms with Crippen LogP contribution >= 0.6 is 0 Å². The van der Waals surface area contributed by atoms with Gasteiger partial charge in [0.05, 0.1) is 23.5 Å². The highest BCUT2D eigenvalue weighted by Crippen LogP contribution is 2.19. The molecule has 0 saturated carbocycles. The van der Waals surface area contributed by atoms with Crippen molar-refractivity contribution in [1.29, 1.82) is 0 Å². The van der Waals surface area contributed by atoms with Crippen molar-refractivity contribution in [2.45, 2.75) is 25.8 Å². The Balaban J connectivity index is 1.47. The van der Waals surface area contributed by atoms with Gasteiger partial charge in [0.15, 0.2) is 0 Å². The van der Waals surface area contributed by atoms with E-state index in [2.05, 4.69) is 20.3 Å². The van der Waals surface area contributed by atoms with Crippen LogP contribution in [0.4, 0.5) is 5.82 Å². The third-order valence-corrected chi connectivity index (χ3v) is 4.85. The summed E-state index contributed by atoms with van der Waals surface area (Å²) in [6.45, 7) is 3.73. The quantitative estimate of drug-likeness (QED) is 0.790. The third-order valence-electron chi connectivity index (χ3n) is 4.85. The number of nitrogens with zero attached hydrogens (tertiary/aromatic N) is 5. The molecule has 0 radical (unpaired) electrons. The minimum absolute atomic E-state index is 0.0353. The number of carbonyl (C=O) groups is 1. The van der Waals surface area contributed by atoms with E-state index in [1.54, 1.807) is 6.20 Å². The van der Waals surface area contributed by atoms with Gasteiger partial charge in [-0.2, -0.15) is 5.10 Å². The molecule has 1 saturated heterocycles. The van der Waals surface area contributed by atoms with Crippen LogP contribution in [0.5, 0.6) is 0 Å². The van der Waals surface area contributed by atoms with Crippen LogP contribution in [0.3, 0.4) is 0 Å². The SMILES string of the molecule is Cc1ncc2ccc(C(=O)NC3CCCN(c4ccnn4C)C3)cn12. The Morgan fingerprint density at radius 1 is 1.32 bits per heavy atom. The standard InChI is InChI=1S/C18H22N6O/c1-13-19-10-16-6-5-14(11-24(13)16)18(25)21-15-4-3-9-23(12-15)17-7-8-20-22(17)2/h5-8,10-11,15H,3-4,9,12H2,1-2H3,(H,21,25). The van der Waals surface area contributed by atoms with Gasteiger partial charge in [-0.3, -0.25) is 9.48 Å². The van der Waals surface area contributed by atoms with E-state index in [0.717, 1.165) is 43.1 Å². The number of aryl methyl sites for hydroxylation is 2. The Bertz CT molecular complexity index is 911. The first-order chi connectivity index (χ1) is 12.1. The molecular weight excluding hydrogens is 316 g/mol. The summed E-state index contributed by atoms with van der Waals surface area (Å²) in [7, 11) is 1.94. The van der Waals surface area contributed by atoms with Crippen molar-refractivity contribution in [1.82, 2.24) is 24.5 Å². The van der Waals surface area contributed by atoms with Crippen molar-refractivity contribution >= 4 is 17.2 Å². The number of pyridine rings is 1. The number of amides is 1.